The monoisotopic (exact) mass is 335 g/mol. The van der Waals surface area contributed by atoms with Crippen molar-refractivity contribution in [1.29, 1.82) is 0 Å². The zero-order valence-electron chi connectivity index (χ0n) is 14.1. The number of esters is 1. The van der Waals surface area contributed by atoms with Crippen molar-refractivity contribution in [2.45, 2.75) is 31.2 Å². The Morgan fingerprint density at radius 1 is 0.960 bits per heavy atom. The molecule has 1 fully saturated rings. The maximum atomic E-state index is 12.5. The van der Waals surface area contributed by atoms with Crippen LogP contribution in [-0.4, -0.2) is 29.9 Å². The van der Waals surface area contributed by atoms with Crippen LogP contribution in [0.5, 0.6) is 0 Å². The fourth-order valence-electron chi connectivity index (χ4n) is 3.56. The zero-order valence-corrected chi connectivity index (χ0v) is 14.1. The van der Waals surface area contributed by atoms with Crippen LogP contribution in [0.25, 0.3) is 0 Å². The summed E-state index contributed by atoms with van der Waals surface area (Å²) in [6.45, 7) is 1.10. The predicted molar refractivity (Wildman–Crippen MR) is 93.9 cm³/mol. The highest BCUT2D eigenvalue weighted by atomic mass is 16.5. The lowest BCUT2D eigenvalue weighted by molar-refractivity contribution is -0.154. The van der Waals surface area contributed by atoms with Crippen molar-refractivity contribution in [2.24, 2.45) is 0 Å². The molecule has 1 aliphatic carbocycles. The smallest absolute Gasteiger partial charge is 0.317 e. The zero-order chi connectivity index (χ0) is 17.3. The summed E-state index contributed by atoms with van der Waals surface area (Å²) in [5, 5.41) is 0. The van der Waals surface area contributed by atoms with Gasteiger partial charge in [-0.1, -0.05) is 54.6 Å². The number of amides is 1. The molecule has 0 unspecified atom stereocenters. The SMILES string of the molecule is O=C(COC(=O)C1(c2ccccc2)CC1)N1CCc2ccccc2C1. The van der Waals surface area contributed by atoms with Crippen LogP contribution in [0.15, 0.2) is 54.6 Å². The normalized spacial score (nSPS) is 17.5. The summed E-state index contributed by atoms with van der Waals surface area (Å²) in [4.78, 5) is 26.7. The Balaban J connectivity index is 1.36. The second kappa shape index (κ2) is 6.36. The summed E-state index contributed by atoms with van der Waals surface area (Å²) < 4.78 is 5.40. The topological polar surface area (TPSA) is 46.6 Å². The van der Waals surface area contributed by atoms with Gasteiger partial charge >= 0.3 is 5.97 Å². The molecule has 0 bridgehead atoms. The molecule has 25 heavy (non-hydrogen) atoms. The highest BCUT2D eigenvalue weighted by Crippen LogP contribution is 2.49. The first-order valence-electron chi connectivity index (χ1n) is 8.76. The van der Waals surface area contributed by atoms with Crippen LogP contribution in [0, 0.1) is 0 Å². The number of fused-ring (bicyclic) bond motifs is 1. The molecule has 4 rings (SSSR count). The Kier molecular flexibility index (Phi) is 4.04. The van der Waals surface area contributed by atoms with Crippen LogP contribution in [0.4, 0.5) is 0 Å². The third kappa shape index (κ3) is 3.04. The average molecular weight is 335 g/mol. The quantitative estimate of drug-likeness (QED) is 0.807. The first-order chi connectivity index (χ1) is 12.2. The van der Waals surface area contributed by atoms with Crippen molar-refractivity contribution >= 4 is 11.9 Å². The summed E-state index contributed by atoms with van der Waals surface area (Å²) in [6.07, 6.45) is 2.44. The van der Waals surface area contributed by atoms with Crippen molar-refractivity contribution in [3.8, 4) is 0 Å². The second-order valence-electron chi connectivity index (χ2n) is 6.86. The van der Waals surface area contributed by atoms with Crippen LogP contribution >= 0.6 is 0 Å². The van der Waals surface area contributed by atoms with E-state index in [4.69, 9.17) is 4.74 Å². The minimum atomic E-state index is -0.532. The molecule has 128 valence electrons. The van der Waals surface area contributed by atoms with Gasteiger partial charge in [-0.2, -0.15) is 0 Å². The summed E-state index contributed by atoms with van der Waals surface area (Å²) in [6, 6.07) is 17.9. The number of benzene rings is 2. The fraction of sp³-hybridized carbons (Fsp3) is 0.333. The lowest BCUT2D eigenvalue weighted by Gasteiger charge is -2.29. The molecule has 2 aromatic rings. The van der Waals surface area contributed by atoms with Gasteiger partial charge in [-0.05, 0) is 36.0 Å². The number of rotatable bonds is 4. The Labute approximate surface area is 147 Å². The summed E-state index contributed by atoms with van der Waals surface area (Å²) in [7, 11) is 0. The maximum absolute atomic E-state index is 12.5. The number of carbonyl (C=O) groups excluding carboxylic acids is 2. The average Bonchev–Trinajstić information content (AvgIpc) is 3.48. The van der Waals surface area contributed by atoms with E-state index < -0.39 is 5.41 Å². The number of carbonyl (C=O) groups is 2. The molecule has 4 nitrogen and oxygen atoms in total. The molecule has 2 aromatic carbocycles. The minimum absolute atomic E-state index is 0.119. The maximum Gasteiger partial charge on any atom is 0.317 e. The van der Waals surface area contributed by atoms with Gasteiger partial charge in [0, 0.05) is 13.1 Å². The highest BCUT2D eigenvalue weighted by Gasteiger charge is 2.52. The van der Waals surface area contributed by atoms with Crippen molar-refractivity contribution in [3.63, 3.8) is 0 Å². The van der Waals surface area contributed by atoms with E-state index >= 15 is 0 Å². The molecule has 0 saturated heterocycles. The van der Waals surface area contributed by atoms with Gasteiger partial charge in [0.15, 0.2) is 6.61 Å². The van der Waals surface area contributed by atoms with Crippen LogP contribution in [0.3, 0.4) is 0 Å². The van der Waals surface area contributed by atoms with E-state index in [1.165, 1.54) is 11.1 Å². The first kappa shape index (κ1) is 15.9. The molecule has 0 atom stereocenters. The van der Waals surface area contributed by atoms with E-state index in [1.807, 2.05) is 42.5 Å². The third-order valence-corrected chi connectivity index (χ3v) is 5.28. The highest BCUT2D eigenvalue weighted by molar-refractivity contribution is 5.89. The molecule has 1 amide bonds. The molecule has 2 aliphatic rings. The van der Waals surface area contributed by atoms with Crippen LogP contribution in [0.1, 0.15) is 29.5 Å². The Morgan fingerprint density at radius 3 is 2.36 bits per heavy atom. The van der Waals surface area contributed by atoms with Crippen molar-refractivity contribution < 1.29 is 14.3 Å². The summed E-state index contributed by atoms with van der Waals surface area (Å²) in [5.74, 6) is -0.392. The van der Waals surface area contributed by atoms with E-state index in [0.29, 0.717) is 13.1 Å². The number of ether oxygens (including phenoxy) is 1. The van der Waals surface area contributed by atoms with Gasteiger partial charge in [0.2, 0.25) is 0 Å². The van der Waals surface area contributed by atoms with Crippen molar-refractivity contribution in [1.82, 2.24) is 4.90 Å². The molecule has 1 aliphatic heterocycles. The van der Waals surface area contributed by atoms with Crippen molar-refractivity contribution in [2.75, 3.05) is 13.2 Å². The largest absolute Gasteiger partial charge is 0.455 e. The second-order valence-corrected chi connectivity index (χ2v) is 6.86. The number of nitrogens with zero attached hydrogens (tertiary/aromatic N) is 1. The van der Waals surface area contributed by atoms with E-state index in [0.717, 1.165) is 24.8 Å². The lowest BCUT2D eigenvalue weighted by Crippen LogP contribution is -2.39. The predicted octanol–water partition coefficient (Wildman–Crippen LogP) is 2.85. The summed E-state index contributed by atoms with van der Waals surface area (Å²) in [5.41, 5.74) is 2.93. The lowest BCUT2D eigenvalue weighted by atomic mass is 9.96. The molecule has 1 heterocycles. The molecular formula is C21H21NO3. The van der Waals surface area contributed by atoms with Gasteiger partial charge in [0.05, 0.1) is 5.41 Å². The van der Waals surface area contributed by atoms with Gasteiger partial charge < -0.3 is 9.64 Å². The van der Waals surface area contributed by atoms with Gasteiger partial charge in [-0.25, -0.2) is 0 Å². The molecule has 0 spiro atoms. The fourth-order valence-corrected chi connectivity index (χ4v) is 3.56. The molecule has 0 radical (unpaired) electrons. The van der Waals surface area contributed by atoms with Crippen LogP contribution in [-0.2, 0) is 32.7 Å². The standard InChI is InChI=1S/C21H21NO3/c23-19(22-13-10-16-6-4-5-7-17(16)14-22)15-25-20(24)21(11-12-21)18-8-2-1-3-9-18/h1-9H,10-15H2. The molecule has 0 aromatic heterocycles. The van der Waals surface area contributed by atoms with Crippen LogP contribution in [0.2, 0.25) is 0 Å². The summed E-state index contributed by atoms with van der Waals surface area (Å²) >= 11 is 0. The van der Waals surface area contributed by atoms with E-state index in [1.54, 1.807) is 4.90 Å². The first-order valence-corrected chi connectivity index (χ1v) is 8.76. The Morgan fingerprint density at radius 2 is 1.64 bits per heavy atom. The molecule has 0 N–H and O–H groups in total. The molecular weight excluding hydrogens is 314 g/mol. The van der Waals surface area contributed by atoms with Gasteiger partial charge in [0.25, 0.3) is 5.91 Å². The molecule has 1 saturated carbocycles. The van der Waals surface area contributed by atoms with Gasteiger partial charge in [0.1, 0.15) is 0 Å². The van der Waals surface area contributed by atoms with Crippen LogP contribution < -0.4 is 0 Å². The third-order valence-electron chi connectivity index (χ3n) is 5.28. The van der Waals surface area contributed by atoms with Crippen molar-refractivity contribution in [3.05, 3.63) is 71.3 Å². The Hall–Kier alpha value is -2.62. The van der Waals surface area contributed by atoms with Gasteiger partial charge in [-0.15, -0.1) is 0 Å². The minimum Gasteiger partial charge on any atom is -0.455 e. The number of hydrogen-bond donors (Lipinski definition) is 0. The van der Waals surface area contributed by atoms with E-state index in [9.17, 15) is 9.59 Å². The molecule has 4 heteroatoms. The number of hydrogen-bond acceptors (Lipinski definition) is 3. The Bertz CT molecular complexity index is 796. The van der Waals surface area contributed by atoms with E-state index in [-0.39, 0.29) is 18.5 Å². The van der Waals surface area contributed by atoms with E-state index in [2.05, 4.69) is 12.1 Å². The van der Waals surface area contributed by atoms with Gasteiger partial charge in [-0.3, -0.25) is 9.59 Å².